The first-order chi connectivity index (χ1) is 9.90. The largest absolute Gasteiger partial charge is 0.357 e. The Balaban J connectivity index is 1.95. The molecule has 1 heterocycles. The van der Waals surface area contributed by atoms with Gasteiger partial charge in [-0.15, -0.1) is 11.3 Å². The molecule has 108 valence electrons. The summed E-state index contributed by atoms with van der Waals surface area (Å²) in [5.41, 5.74) is 3.33. The van der Waals surface area contributed by atoms with Gasteiger partial charge in [0.2, 0.25) is 0 Å². The SMILES string of the molecule is Cc1ccc2nc(-c3ccc(NS(=O)(=O)O)cc3)sc2c1. The van der Waals surface area contributed by atoms with Crippen LogP contribution in [0.4, 0.5) is 5.69 Å². The summed E-state index contributed by atoms with van der Waals surface area (Å²) in [7, 11) is -4.24. The minimum Gasteiger partial charge on any atom is -0.269 e. The van der Waals surface area contributed by atoms with E-state index in [-0.39, 0.29) is 0 Å². The molecule has 2 aromatic carbocycles. The summed E-state index contributed by atoms with van der Waals surface area (Å²) < 4.78 is 33.3. The van der Waals surface area contributed by atoms with Gasteiger partial charge in [-0.1, -0.05) is 6.07 Å². The molecule has 0 atom stereocenters. The molecule has 3 rings (SSSR count). The number of fused-ring (bicyclic) bond motifs is 1. The summed E-state index contributed by atoms with van der Waals surface area (Å²) in [5, 5.41) is 0.869. The third-order valence-corrected chi connectivity index (χ3v) is 4.48. The molecular weight excluding hydrogens is 308 g/mol. The lowest BCUT2D eigenvalue weighted by Crippen LogP contribution is -2.09. The van der Waals surface area contributed by atoms with Crippen LogP contribution in [0.2, 0.25) is 0 Å². The molecule has 7 heteroatoms. The first-order valence-electron chi connectivity index (χ1n) is 6.13. The topological polar surface area (TPSA) is 79.3 Å². The number of anilines is 1. The van der Waals surface area contributed by atoms with Crippen LogP contribution >= 0.6 is 11.3 Å². The molecule has 0 spiro atoms. The van der Waals surface area contributed by atoms with Crippen molar-refractivity contribution < 1.29 is 13.0 Å². The van der Waals surface area contributed by atoms with Gasteiger partial charge < -0.3 is 0 Å². The van der Waals surface area contributed by atoms with Crippen molar-refractivity contribution in [1.29, 1.82) is 0 Å². The van der Waals surface area contributed by atoms with E-state index in [0.717, 1.165) is 20.8 Å². The number of rotatable bonds is 3. The molecule has 0 fully saturated rings. The third-order valence-electron chi connectivity index (χ3n) is 2.92. The van der Waals surface area contributed by atoms with Crippen molar-refractivity contribution in [2.75, 3.05) is 4.72 Å². The van der Waals surface area contributed by atoms with E-state index in [0.29, 0.717) is 5.69 Å². The Morgan fingerprint density at radius 2 is 1.86 bits per heavy atom. The molecule has 0 aliphatic heterocycles. The van der Waals surface area contributed by atoms with Crippen LogP contribution in [0, 0.1) is 6.92 Å². The molecule has 0 saturated carbocycles. The molecule has 5 nitrogen and oxygen atoms in total. The Labute approximate surface area is 126 Å². The van der Waals surface area contributed by atoms with E-state index in [4.69, 9.17) is 4.55 Å². The second kappa shape index (κ2) is 5.10. The minimum absolute atomic E-state index is 0.304. The van der Waals surface area contributed by atoms with Gasteiger partial charge in [0.1, 0.15) is 5.01 Å². The average Bonchev–Trinajstić information content (AvgIpc) is 2.80. The van der Waals surface area contributed by atoms with Crippen LogP contribution in [0.1, 0.15) is 5.56 Å². The number of hydrogen-bond donors (Lipinski definition) is 2. The van der Waals surface area contributed by atoms with E-state index in [1.165, 1.54) is 5.56 Å². The Bertz CT molecular complexity index is 900. The monoisotopic (exact) mass is 320 g/mol. The summed E-state index contributed by atoms with van der Waals surface area (Å²) in [5.74, 6) is 0. The van der Waals surface area contributed by atoms with Crippen LogP contribution in [0.3, 0.4) is 0 Å². The molecular formula is C14H12N2O3S2. The van der Waals surface area contributed by atoms with Crippen molar-refractivity contribution in [3.05, 3.63) is 48.0 Å². The van der Waals surface area contributed by atoms with Gasteiger partial charge in [0, 0.05) is 5.56 Å². The first-order valence-corrected chi connectivity index (χ1v) is 8.39. The zero-order valence-electron chi connectivity index (χ0n) is 11.1. The zero-order chi connectivity index (χ0) is 15.0. The van der Waals surface area contributed by atoms with Crippen LogP contribution < -0.4 is 4.72 Å². The van der Waals surface area contributed by atoms with Crippen LogP contribution in [-0.4, -0.2) is 18.0 Å². The maximum atomic E-state index is 10.7. The quantitative estimate of drug-likeness (QED) is 0.724. The number of benzene rings is 2. The van der Waals surface area contributed by atoms with Crippen molar-refractivity contribution in [2.24, 2.45) is 0 Å². The molecule has 0 radical (unpaired) electrons. The van der Waals surface area contributed by atoms with Crippen molar-refractivity contribution in [3.8, 4) is 10.6 Å². The molecule has 0 saturated heterocycles. The summed E-state index contributed by atoms with van der Waals surface area (Å²) in [6, 6.07) is 12.8. The first kappa shape index (κ1) is 14.0. The second-order valence-corrected chi connectivity index (χ2v) is 6.83. The molecule has 0 aliphatic rings. The highest BCUT2D eigenvalue weighted by Gasteiger charge is 2.08. The van der Waals surface area contributed by atoms with Crippen LogP contribution in [-0.2, 0) is 10.3 Å². The number of nitrogens with one attached hydrogen (secondary N) is 1. The summed E-state index contributed by atoms with van der Waals surface area (Å²) >= 11 is 1.58. The lowest BCUT2D eigenvalue weighted by molar-refractivity contribution is 0.489. The Hall–Kier alpha value is -1.96. The fraction of sp³-hybridized carbons (Fsp3) is 0.0714. The Kier molecular flexibility index (Phi) is 3.40. The van der Waals surface area contributed by atoms with E-state index in [2.05, 4.69) is 11.1 Å². The van der Waals surface area contributed by atoms with Gasteiger partial charge >= 0.3 is 10.3 Å². The number of aromatic nitrogens is 1. The molecule has 0 unspecified atom stereocenters. The van der Waals surface area contributed by atoms with E-state index in [1.807, 2.05) is 23.8 Å². The standard InChI is InChI=1S/C14H12N2O3S2/c1-9-2-7-12-13(8-9)20-14(15-12)10-3-5-11(6-4-10)16-21(17,18)19/h2-8,16H,1H3,(H,17,18,19). The van der Waals surface area contributed by atoms with E-state index in [9.17, 15) is 8.42 Å². The molecule has 1 aromatic heterocycles. The summed E-state index contributed by atoms with van der Waals surface area (Å²) in [4.78, 5) is 4.56. The summed E-state index contributed by atoms with van der Waals surface area (Å²) in [6.45, 7) is 2.04. The van der Waals surface area contributed by atoms with E-state index >= 15 is 0 Å². The van der Waals surface area contributed by atoms with Gasteiger partial charge in [0.25, 0.3) is 0 Å². The molecule has 0 bridgehead atoms. The van der Waals surface area contributed by atoms with Crippen molar-refractivity contribution in [1.82, 2.24) is 4.98 Å². The van der Waals surface area contributed by atoms with Crippen molar-refractivity contribution in [2.45, 2.75) is 6.92 Å². The predicted molar refractivity (Wildman–Crippen MR) is 85.0 cm³/mol. The highest BCUT2D eigenvalue weighted by Crippen LogP contribution is 2.31. The van der Waals surface area contributed by atoms with Gasteiger partial charge in [0.05, 0.1) is 15.9 Å². The maximum Gasteiger partial charge on any atom is 0.357 e. The molecule has 21 heavy (non-hydrogen) atoms. The smallest absolute Gasteiger partial charge is 0.269 e. The lowest BCUT2D eigenvalue weighted by Gasteiger charge is -2.02. The number of nitrogens with zero attached hydrogens (tertiary/aromatic N) is 1. The fourth-order valence-corrected chi connectivity index (χ4v) is 3.49. The molecule has 2 N–H and O–H groups in total. The van der Waals surface area contributed by atoms with Gasteiger partial charge in [0.15, 0.2) is 0 Å². The van der Waals surface area contributed by atoms with Gasteiger partial charge in [-0.25, -0.2) is 4.98 Å². The normalized spacial score (nSPS) is 11.7. The number of hydrogen-bond acceptors (Lipinski definition) is 4. The third kappa shape index (κ3) is 3.21. The zero-order valence-corrected chi connectivity index (χ0v) is 12.7. The Morgan fingerprint density at radius 1 is 1.14 bits per heavy atom. The summed E-state index contributed by atoms with van der Waals surface area (Å²) in [6.07, 6.45) is 0. The van der Waals surface area contributed by atoms with Crippen LogP contribution in [0.5, 0.6) is 0 Å². The van der Waals surface area contributed by atoms with Crippen molar-refractivity contribution >= 4 is 37.5 Å². The van der Waals surface area contributed by atoms with Crippen molar-refractivity contribution in [3.63, 3.8) is 0 Å². The lowest BCUT2D eigenvalue weighted by atomic mass is 10.2. The number of thiazole rings is 1. The highest BCUT2D eigenvalue weighted by atomic mass is 32.2. The molecule has 0 amide bonds. The van der Waals surface area contributed by atoms with Gasteiger partial charge in [-0.2, -0.15) is 8.42 Å². The minimum atomic E-state index is -4.24. The highest BCUT2D eigenvalue weighted by molar-refractivity contribution is 7.87. The predicted octanol–water partition coefficient (Wildman–Crippen LogP) is 3.49. The van der Waals surface area contributed by atoms with Crippen LogP contribution in [0.15, 0.2) is 42.5 Å². The maximum absolute atomic E-state index is 10.7. The fourth-order valence-electron chi connectivity index (χ4n) is 1.99. The molecule has 0 aliphatic carbocycles. The average molecular weight is 320 g/mol. The van der Waals surface area contributed by atoms with E-state index in [1.54, 1.807) is 35.6 Å². The van der Waals surface area contributed by atoms with E-state index < -0.39 is 10.3 Å². The number of aryl methyl sites for hydroxylation is 1. The molecule has 3 aromatic rings. The van der Waals surface area contributed by atoms with Gasteiger partial charge in [-0.3, -0.25) is 9.27 Å². The Morgan fingerprint density at radius 3 is 2.52 bits per heavy atom. The van der Waals surface area contributed by atoms with Gasteiger partial charge in [-0.05, 0) is 48.9 Å². The van der Waals surface area contributed by atoms with Crippen LogP contribution in [0.25, 0.3) is 20.8 Å². The second-order valence-electron chi connectivity index (χ2n) is 4.64.